The molecule has 19 heteroatoms. The Kier molecular flexibility index (Phi) is 9.07. The zero-order chi connectivity index (χ0) is 41.2. The zero-order valence-electron chi connectivity index (χ0n) is 36.5. The summed E-state index contributed by atoms with van der Waals surface area (Å²) in [5.41, 5.74) is 26.4. The Morgan fingerprint density at radius 1 is 0.345 bits per heavy atom. The van der Waals surface area contributed by atoms with E-state index in [0.29, 0.717) is 17.5 Å². The topological polar surface area (TPSA) is 56.7 Å². The number of hydrogen-bond acceptors (Lipinski definition) is 4. The van der Waals surface area contributed by atoms with E-state index < -0.39 is 0 Å². The highest BCUT2D eigenvalue weighted by Gasteiger charge is 2.29. The minimum absolute atomic E-state index is 0.649. The molecule has 0 aliphatic carbocycles. The number of furan rings is 1. The first kappa shape index (κ1) is 38.4. The van der Waals surface area contributed by atoms with Gasteiger partial charge in [0.15, 0.2) is 17.5 Å². The molecular weight excluding hydrogens is 692 g/mol. The number of benzene rings is 6. The van der Waals surface area contributed by atoms with E-state index in [4.69, 9.17) is 19.4 Å². The van der Waals surface area contributed by atoms with Gasteiger partial charge in [-0.05, 0) is 21.7 Å². The molecule has 0 atom stereocenters. The summed E-state index contributed by atoms with van der Waals surface area (Å²) in [5, 5.41) is 5.10. The van der Waals surface area contributed by atoms with E-state index in [1.54, 1.807) is 0 Å². The minimum atomic E-state index is 0.649. The molecular formula is C39H38B14N4O. The van der Waals surface area contributed by atoms with Crippen molar-refractivity contribution < 1.29 is 4.42 Å². The average Bonchev–Trinajstić information content (AvgIpc) is 3.81. The molecule has 6 aromatic carbocycles. The predicted molar refractivity (Wildman–Crippen MR) is 292 cm³/mol. The number of hydrogen-bond donors (Lipinski definition) is 0. The maximum Gasteiger partial charge on any atom is 0.164 e. The van der Waals surface area contributed by atoms with Crippen LogP contribution in [0.3, 0.4) is 0 Å². The third kappa shape index (κ3) is 5.27. The van der Waals surface area contributed by atoms with E-state index >= 15 is 0 Å². The van der Waals surface area contributed by atoms with Gasteiger partial charge in [0.25, 0.3) is 0 Å². The van der Waals surface area contributed by atoms with Gasteiger partial charge in [-0.15, -0.1) is 10.9 Å². The molecule has 0 amide bonds. The second-order valence-corrected chi connectivity index (χ2v) is 16.8. The second-order valence-electron chi connectivity index (χ2n) is 16.8. The van der Waals surface area contributed by atoms with Crippen LogP contribution in [0, 0.1) is 0 Å². The van der Waals surface area contributed by atoms with Crippen molar-refractivity contribution >= 4 is 230 Å². The maximum atomic E-state index is 7.25. The lowest BCUT2D eigenvalue weighted by atomic mass is 9.63. The molecule has 0 radical (unpaired) electrons. The van der Waals surface area contributed by atoms with Crippen LogP contribution in [0.1, 0.15) is 0 Å². The third-order valence-electron chi connectivity index (χ3n) is 14.1. The van der Waals surface area contributed by atoms with Gasteiger partial charge in [0.1, 0.15) is 121 Å². The molecule has 0 aliphatic heterocycles. The van der Waals surface area contributed by atoms with Crippen LogP contribution in [0.2, 0.25) is 0 Å². The first-order chi connectivity index (χ1) is 27.6. The monoisotopic (exact) mass is 732 g/mol. The summed E-state index contributed by atoms with van der Waals surface area (Å²) in [6, 6.07) is 20.4. The van der Waals surface area contributed by atoms with E-state index in [1.807, 2.05) is 36.4 Å². The fourth-order valence-electron chi connectivity index (χ4n) is 9.88. The Morgan fingerprint density at radius 2 is 0.724 bits per heavy atom. The number of aromatic nitrogens is 4. The molecule has 0 aliphatic rings. The van der Waals surface area contributed by atoms with E-state index in [-0.39, 0.29) is 0 Å². The average molecular weight is 730 g/mol. The van der Waals surface area contributed by atoms with Gasteiger partial charge in [-0.1, -0.05) is 115 Å². The van der Waals surface area contributed by atoms with Crippen LogP contribution in [0.5, 0.6) is 0 Å². The van der Waals surface area contributed by atoms with Crippen molar-refractivity contribution in [3.63, 3.8) is 0 Å². The SMILES string of the molecule is Bc1c(-c2nc(-c3ccccc3)nc(-c3ccccc3)n2)c(B)c2oc3c(B)c(-n4c5c(B)c(B)c(B)c(B)c5c5c(B)c(B)c(B)c(B)c54)c(B)c(B)c3c2c1B. The van der Waals surface area contributed by atoms with Crippen LogP contribution in [-0.2, 0) is 0 Å². The molecule has 0 unspecified atom stereocenters. The molecule has 9 aromatic rings. The third-order valence-corrected chi connectivity index (χ3v) is 14.1. The Bertz CT molecular complexity index is 3140. The summed E-state index contributed by atoms with van der Waals surface area (Å²) in [7, 11) is 31.8. The van der Waals surface area contributed by atoms with Crippen LogP contribution in [0.15, 0.2) is 65.1 Å². The van der Waals surface area contributed by atoms with Gasteiger partial charge in [-0.2, -0.15) is 0 Å². The normalized spacial score (nSPS) is 11.7. The Labute approximate surface area is 352 Å². The van der Waals surface area contributed by atoms with Gasteiger partial charge in [0.05, 0.1) is 0 Å². The van der Waals surface area contributed by atoms with E-state index in [2.05, 4.69) is 139 Å². The molecule has 9 rings (SSSR count). The molecule has 3 aromatic heterocycles. The Hall–Kier alpha value is -5.16. The minimum Gasteiger partial charge on any atom is -0.457 e. The number of rotatable bonds is 4. The van der Waals surface area contributed by atoms with Crippen molar-refractivity contribution in [3.05, 3.63) is 60.7 Å². The van der Waals surface area contributed by atoms with E-state index in [1.165, 1.54) is 98.4 Å². The lowest BCUT2D eigenvalue weighted by molar-refractivity contribution is 0.674. The van der Waals surface area contributed by atoms with Gasteiger partial charge in [0.2, 0.25) is 0 Å². The smallest absolute Gasteiger partial charge is 0.164 e. The van der Waals surface area contributed by atoms with Crippen LogP contribution < -0.4 is 76.5 Å². The quantitative estimate of drug-likeness (QED) is 0.169. The summed E-state index contributed by atoms with van der Waals surface area (Å²) in [6.07, 6.45) is 0. The highest BCUT2D eigenvalue weighted by Crippen LogP contribution is 2.31. The van der Waals surface area contributed by atoms with Crippen LogP contribution in [0.4, 0.5) is 0 Å². The summed E-state index contributed by atoms with van der Waals surface area (Å²) >= 11 is 0. The summed E-state index contributed by atoms with van der Waals surface area (Å²) in [4.78, 5) is 15.3. The Morgan fingerprint density at radius 3 is 1.19 bits per heavy atom. The van der Waals surface area contributed by atoms with Crippen LogP contribution >= 0.6 is 0 Å². The molecule has 262 valence electrons. The molecule has 3 heterocycles. The molecule has 5 nitrogen and oxygen atoms in total. The summed E-state index contributed by atoms with van der Waals surface area (Å²) < 4.78 is 9.86. The largest absolute Gasteiger partial charge is 0.457 e. The zero-order valence-corrected chi connectivity index (χ0v) is 36.5. The van der Waals surface area contributed by atoms with E-state index in [9.17, 15) is 0 Å². The summed E-state index contributed by atoms with van der Waals surface area (Å²) in [5.74, 6) is 1.95. The first-order valence-corrected chi connectivity index (χ1v) is 20.5. The lowest BCUT2D eigenvalue weighted by Crippen LogP contribution is -2.49. The lowest BCUT2D eigenvalue weighted by Gasteiger charge is -2.22. The summed E-state index contributed by atoms with van der Waals surface area (Å²) in [6.45, 7) is 0. The first-order valence-electron chi connectivity index (χ1n) is 20.5. The van der Waals surface area contributed by atoms with Gasteiger partial charge >= 0.3 is 0 Å². The number of fused-ring (bicyclic) bond motifs is 6. The van der Waals surface area contributed by atoms with Gasteiger partial charge in [-0.25, -0.2) is 15.0 Å². The molecule has 0 N–H and O–H groups in total. The predicted octanol–water partition coefficient (Wildman–Crippen LogP) is -14.5. The van der Waals surface area contributed by atoms with Crippen molar-refractivity contribution in [2.45, 2.75) is 0 Å². The van der Waals surface area contributed by atoms with Crippen molar-refractivity contribution in [1.82, 2.24) is 19.5 Å². The highest BCUT2D eigenvalue weighted by molar-refractivity contribution is 6.72. The van der Waals surface area contributed by atoms with Crippen molar-refractivity contribution in [1.29, 1.82) is 0 Å². The molecule has 0 saturated carbocycles. The van der Waals surface area contributed by atoms with Crippen molar-refractivity contribution in [3.8, 4) is 39.9 Å². The second kappa shape index (κ2) is 13.7. The van der Waals surface area contributed by atoms with Gasteiger partial charge < -0.3 is 8.98 Å². The van der Waals surface area contributed by atoms with Gasteiger partial charge in [-0.3, -0.25) is 0 Å². The molecule has 0 bridgehead atoms. The van der Waals surface area contributed by atoms with Crippen LogP contribution in [-0.4, -0.2) is 129 Å². The van der Waals surface area contributed by atoms with Crippen molar-refractivity contribution in [2.24, 2.45) is 0 Å². The van der Waals surface area contributed by atoms with Crippen LogP contribution in [0.25, 0.3) is 83.6 Å². The fourth-order valence-corrected chi connectivity index (χ4v) is 9.88. The standard InChI is InChI=1S/C39H38B14N4O/c40-18-13-14-19(41)25(47)27(49)30(52)33(14)57(32(13)29(51)26(48)24(18)46)34-28(50)21(43)16-15-20(42)22(44)17(23(45)35(15)58-36(16)31(34)53)39-55-37(11-7-3-1-4-8-11)54-38(56-39)12-9-5-2-6-10-12/h1-10H,40-53H2. The highest BCUT2D eigenvalue weighted by atomic mass is 16.3. The fraction of sp³-hybridized carbons (Fsp3) is 0. The van der Waals surface area contributed by atoms with Gasteiger partial charge in [0, 0.05) is 44.2 Å². The molecule has 58 heavy (non-hydrogen) atoms. The number of nitrogens with zero attached hydrogens (tertiary/aromatic N) is 4. The maximum absolute atomic E-state index is 7.25. The Balaban J connectivity index is 1.39. The van der Waals surface area contributed by atoms with E-state index in [0.717, 1.165) is 44.2 Å². The molecule has 0 spiro atoms. The molecule has 0 saturated heterocycles. The molecule has 0 fully saturated rings. The van der Waals surface area contributed by atoms with Crippen molar-refractivity contribution in [2.75, 3.05) is 0 Å².